The molecule has 1 aromatic carbocycles. The Kier molecular flexibility index (Phi) is 3.33. The molecule has 0 fully saturated rings. The Hall–Kier alpha value is -2.14. The third-order valence-electron chi connectivity index (χ3n) is 5.41. The second-order valence-corrected chi connectivity index (χ2v) is 7.29. The highest BCUT2D eigenvalue weighted by Gasteiger charge is 2.52. The van der Waals surface area contributed by atoms with Crippen molar-refractivity contribution in [2.45, 2.75) is 33.6 Å². The van der Waals surface area contributed by atoms with E-state index in [1.54, 1.807) is 0 Å². The van der Waals surface area contributed by atoms with Crippen molar-refractivity contribution >= 4 is 11.4 Å². The van der Waals surface area contributed by atoms with Gasteiger partial charge >= 0.3 is 0 Å². The lowest BCUT2D eigenvalue weighted by molar-refractivity contribution is -0.129. The quantitative estimate of drug-likeness (QED) is 0.762. The van der Waals surface area contributed by atoms with Crippen LogP contribution in [0.4, 0.5) is 0 Å². The highest BCUT2D eigenvalue weighted by molar-refractivity contribution is 6.04. The topological polar surface area (TPSA) is 40.9 Å². The number of benzene rings is 1. The second-order valence-electron chi connectivity index (χ2n) is 7.29. The van der Waals surface area contributed by atoms with Gasteiger partial charge in [-0.25, -0.2) is 0 Å². The number of carbonyl (C=O) groups excluding carboxylic acids is 1. The Balaban J connectivity index is 2.06. The van der Waals surface area contributed by atoms with Gasteiger partial charge in [-0.3, -0.25) is 4.79 Å². The number of nitriles is 1. The molecule has 2 nitrogen and oxygen atoms in total. The third-order valence-corrected chi connectivity index (χ3v) is 5.41. The minimum absolute atomic E-state index is 0.00552. The van der Waals surface area contributed by atoms with Gasteiger partial charge in [0.1, 0.15) is 6.07 Å². The molecule has 2 atom stereocenters. The number of hydrogen-bond acceptors (Lipinski definition) is 2. The number of rotatable bonds is 1. The van der Waals surface area contributed by atoms with Crippen LogP contribution in [0.2, 0.25) is 0 Å². The predicted molar refractivity (Wildman–Crippen MR) is 87.7 cm³/mol. The molecule has 112 valence electrons. The molecule has 0 unspecified atom stereocenters. The first kappa shape index (κ1) is 14.8. The first-order chi connectivity index (χ1) is 10.4. The van der Waals surface area contributed by atoms with E-state index < -0.39 is 5.41 Å². The lowest BCUT2D eigenvalue weighted by Gasteiger charge is -2.49. The summed E-state index contributed by atoms with van der Waals surface area (Å²) in [6, 6.07) is 12.5. The standard InChI is InChI=1S/C20H21NO/c1-19(2)17-10-9-15(14-7-5-4-6-8-14)11-20(17,3)12-16(13-21)18(19)22/h4-9,12,17H,10-11H2,1-3H3/t17-,20+/m1/s1. The van der Waals surface area contributed by atoms with E-state index in [2.05, 4.69) is 43.3 Å². The summed E-state index contributed by atoms with van der Waals surface area (Å²) in [6.07, 6.45) is 5.97. The molecule has 2 aliphatic rings. The lowest BCUT2D eigenvalue weighted by Crippen LogP contribution is -2.47. The SMILES string of the molecule is CC1(C)C(=O)C(C#N)=C[C@]2(C)CC(c3ccccc3)=CC[C@H]12. The summed E-state index contributed by atoms with van der Waals surface area (Å²) < 4.78 is 0. The summed E-state index contributed by atoms with van der Waals surface area (Å²) in [6.45, 7) is 6.17. The first-order valence-electron chi connectivity index (χ1n) is 7.81. The Morgan fingerprint density at radius 2 is 1.86 bits per heavy atom. The van der Waals surface area contributed by atoms with Crippen LogP contribution in [0, 0.1) is 28.1 Å². The summed E-state index contributed by atoms with van der Waals surface area (Å²) in [7, 11) is 0. The summed E-state index contributed by atoms with van der Waals surface area (Å²) >= 11 is 0. The number of nitrogens with zero attached hydrogens (tertiary/aromatic N) is 1. The van der Waals surface area contributed by atoms with Crippen LogP contribution in [0.1, 0.15) is 39.2 Å². The predicted octanol–water partition coefficient (Wildman–Crippen LogP) is 4.55. The molecule has 22 heavy (non-hydrogen) atoms. The van der Waals surface area contributed by atoms with Crippen LogP contribution in [0.5, 0.6) is 0 Å². The lowest BCUT2D eigenvalue weighted by atomic mass is 9.52. The van der Waals surface area contributed by atoms with E-state index in [9.17, 15) is 10.1 Å². The van der Waals surface area contributed by atoms with Crippen LogP contribution < -0.4 is 0 Å². The van der Waals surface area contributed by atoms with Crippen molar-refractivity contribution in [3.8, 4) is 6.07 Å². The zero-order valence-electron chi connectivity index (χ0n) is 13.4. The normalized spacial score (nSPS) is 29.9. The first-order valence-corrected chi connectivity index (χ1v) is 7.81. The summed E-state index contributed by atoms with van der Waals surface area (Å²) in [5.74, 6) is 0.242. The van der Waals surface area contributed by atoms with Gasteiger partial charge in [-0.15, -0.1) is 0 Å². The van der Waals surface area contributed by atoms with E-state index in [0.717, 1.165) is 12.8 Å². The summed E-state index contributed by atoms with van der Waals surface area (Å²) in [4.78, 5) is 12.5. The molecule has 0 aliphatic heterocycles. The van der Waals surface area contributed by atoms with Crippen molar-refractivity contribution in [3.05, 3.63) is 53.6 Å². The number of allylic oxidation sites excluding steroid dienone is 4. The molecule has 0 saturated carbocycles. The molecule has 2 aliphatic carbocycles. The minimum atomic E-state index is -0.479. The molecule has 0 N–H and O–H groups in total. The molecule has 2 heteroatoms. The van der Waals surface area contributed by atoms with Gasteiger partial charge in [0.25, 0.3) is 0 Å². The van der Waals surface area contributed by atoms with Gasteiger partial charge in [0.15, 0.2) is 5.78 Å². The Morgan fingerprint density at radius 1 is 1.18 bits per heavy atom. The molecule has 3 rings (SSSR count). The van der Waals surface area contributed by atoms with Gasteiger partial charge in [-0.1, -0.05) is 63.3 Å². The van der Waals surface area contributed by atoms with Gasteiger partial charge in [0.05, 0.1) is 5.57 Å². The molecule has 0 radical (unpaired) electrons. The second kappa shape index (κ2) is 4.95. The van der Waals surface area contributed by atoms with E-state index in [4.69, 9.17) is 0 Å². The third kappa shape index (κ3) is 2.13. The highest BCUT2D eigenvalue weighted by Crippen LogP contribution is 2.55. The Morgan fingerprint density at radius 3 is 2.50 bits per heavy atom. The van der Waals surface area contributed by atoms with Gasteiger partial charge in [0, 0.05) is 5.41 Å². The monoisotopic (exact) mass is 291 g/mol. The average molecular weight is 291 g/mol. The summed E-state index contributed by atoms with van der Waals surface area (Å²) in [5, 5.41) is 9.33. The average Bonchev–Trinajstić information content (AvgIpc) is 2.51. The minimum Gasteiger partial charge on any atom is -0.293 e. The van der Waals surface area contributed by atoms with Crippen molar-refractivity contribution in [2.75, 3.05) is 0 Å². The summed E-state index contributed by atoms with van der Waals surface area (Å²) in [5.41, 5.74) is 2.27. The van der Waals surface area contributed by atoms with Crippen molar-refractivity contribution < 1.29 is 4.79 Å². The van der Waals surface area contributed by atoms with E-state index in [1.165, 1.54) is 11.1 Å². The molecule has 0 spiro atoms. The van der Waals surface area contributed by atoms with Crippen LogP contribution in [-0.2, 0) is 4.79 Å². The Bertz CT molecular complexity index is 718. The van der Waals surface area contributed by atoms with Crippen LogP contribution in [0.25, 0.3) is 5.57 Å². The van der Waals surface area contributed by atoms with E-state index in [0.29, 0.717) is 5.57 Å². The van der Waals surface area contributed by atoms with Crippen LogP contribution in [-0.4, -0.2) is 5.78 Å². The number of carbonyl (C=O) groups is 1. The smallest absolute Gasteiger partial charge is 0.178 e. The maximum atomic E-state index is 12.5. The molecule has 0 saturated heterocycles. The van der Waals surface area contributed by atoms with E-state index in [-0.39, 0.29) is 17.1 Å². The fraction of sp³-hybridized carbons (Fsp3) is 0.400. The molecular formula is C20H21NO. The molecule has 0 bridgehead atoms. The van der Waals surface area contributed by atoms with Gasteiger partial charge in [0.2, 0.25) is 0 Å². The number of hydrogen-bond donors (Lipinski definition) is 0. The zero-order valence-corrected chi connectivity index (χ0v) is 13.4. The van der Waals surface area contributed by atoms with Gasteiger partial charge < -0.3 is 0 Å². The van der Waals surface area contributed by atoms with Crippen molar-refractivity contribution in [1.82, 2.24) is 0 Å². The largest absolute Gasteiger partial charge is 0.293 e. The fourth-order valence-corrected chi connectivity index (χ4v) is 4.26. The van der Waals surface area contributed by atoms with Gasteiger partial charge in [-0.2, -0.15) is 5.26 Å². The Labute approximate surface area is 132 Å². The molecule has 1 aromatic rings. The van der Waals surface area contributed by atoms with Crippen molar-refractivity contribution in [1.29, 1.82) is 5.26 Å². The van der Waals surface area contributed by atoms with E-state index >= 15 is 0 Å². The van der Waals surface area contributed by atoms with E-state index in [1.807, 2.05) is 26.0 Å². The molecule has 0 heterocycles. The fourth-order valence-electron chi connectivity index (χ4n) is 4.26. The van der Waals surface area contributed by atoms with Crippen LogP contribution in [0.3, 0.4) is 0 Å². The number of Topliss-reactive ketones (excluding diaryl/α,β-unsaturated/α-hetero) is 1. The van der Waals surface area contributed by atoms with Gasteiger partial charge in [-0.05, 0) is 35.3 Å². The number of fused-ring (bicyclic) bond motifs is 1. The van der Waals surface area contributed by atoms with Crippen LogP contribution in [0.15, 0.2) is 48.1 Å². The van der Waals surface area contributed by atoms with Crippen molar-refractivity contribution in [2.24, 2.45) is 16.7 Å². The molecule has 0 amide bonds. The number of ketones is 1. The van der Waals surface area contributed by atoms with Crippen LogP contribution >= 0.6 is 0 Å². The maximum Gasteiger partial charge on any atom is 0.178 e. The molecule has 0 aromatic heterocycles. The molecular weight excluding hydrogens is 270 g/mol. The van der Waals surface area contributed by atoms with Crippen molar-refractivity contribution in [3.63, 3.8) is 0 Å². The zero-order chi connectivity index (χ0) is 16.0. The maximum absolute atomic E-state index is 12.5. The highest BCUT2D eigenvalue weighted by atomic mass is 16.1.